The summed E-state index contributed by atoms with van der Waals surface area (Å²) in [4.78, 5) is 0. The molecule has 0 amide bonds. The van der Waals surface area contributed by atoms with Gasteiger partial charge in [-0.3, -0.25) is 5.10 Å². The maximum Gasteiger partial charge on any atom is 0.0565 e. The number of rotatable bonds is 5. The van der Waals surface area contributed by atoms with Crippen LogP contribution in [0, 0.1) is 0 Å². The second kappa shape index (κ2) is 6.03. The fourth-order valence-electron chi connectivity index (χ4n) is 2.48. The van der Waals surface area contributed by atoms with Crippen molar-refractivity contribution in [1.29, 1.82) is 0 Å². The molecule has 3 aromatic rings. The largest absolute Gasteiger partial charge is 0.330 e. The van der Waals surface area contributed by atoms with Crippen molar-refractivity contribution in [3.63, 3.8) is 0 Å². The molecule has 0 radical (unpaired) electrons. The van der Waals surface area contributed by atoms with E-state index in [-0.39, 0.29) is 0 Å². The van der Waals surface area contributed by atoms with Crippen molar-refractivity contribution in [3.05, 3.63) is 64.6 Å². The molecule has 0 saturated heterocycles. The maximum absolute atomic E-state index is 5.77. The molecule has 0 aliphatic rings. The molecule has 3 N–H and O–H groups in total. The molecule has 102 valence electrons. The average Bonchev–Trinajstić information content (AvgIpc) is 3.18. The molecule has 0 saturated carbocycles. The van der Waals surface area contributed by atoms with Crippen LogP contribution < -0.4 is 5.73 Å². The lowest BCUT2D eigenvalue weighted by Gasteiger charge is -2.16. The van der Waals surface area contributed by atoms with Gasteiger partial charge in [-0.25, -0.2) is 0 Å². The molecule has 0 fully saturated rings. The van der Waals surface area contributed by atoms with E-state index < -0.39 is 0 Å². The number of aromatic nitrogens is 2. The van der Waals surface area contributed by atoms with Crippen molar-refractivity contribution in [2.24, 2.45) is 5.73 Å². The molecule has 2 aromatic heterocycles. The topological polar surface area (TPSA) is 54.7 Å². The Morgan fingerprint density at radius 2 is 1.95 bits per heavy atom. The monoisotopic (exact) mass is 283 g/mol. The number of H-pyrrole nitrogens is 1. The number of hydrogen-bond donors (Lipinski definition) is 2. The predicted octanol–water partition coefficient (Wildman–Crippen LogP) is 3.62. The number of aromatic amines is 1. The van der Waals surface area contributed by atoms with E-state index in [4.69, 9.17) is 5.73 Å². The van der Waals surface area contributed by atoms with E-state index in [0.717, 1.165) is 12.0 Å². The summed E-state index contributed by atoms with van der Waals surface area (Å²) in [6.07, 6.45) is 4.72. The molecule has 4 heteroatoms. The Hall–Kier alpha value is -1.91. The second-order valence-corrected chi connectivity index (χ2v) is 5.58. The third-order valence-corrected chi connectivity index (χ3v) is 4.25. The van der Waals surface area contributed by atoms with Gasteiger partial charge < -0.3 is 5.73 Å². The third kappa shape index (κ3) is 2.66. The number of thiophene rings is 1. The van der Waals surface area contributed by atoms with E-state index in [9.17, 15) is 0 Å². The molecule has 20 heavy (non-hydrogen) atoms. The molecular weight excluding hydrogens is 266 g/mol. The van der Waals surface area contributed by atoms with Gasteiger partial charge in [0, 0.05) is 17.7 Å². The Labute approximate surface area is 122 Å². The maximum atomic E-state index is 5.77. The lowest BCUT2D eigenvalue weighted by molar-refractivity contribution is 0.729. The van der Waals surface area contributed by atoms with Gasteiger partial charge in [-0.2, -0.15) is 16.4 Å². The van der Waals surface area contributed by atoms with E-state index >= 15 is 0 Å². The summed E-state index contributed by atoms with van der Waals surface area (Å²) in [5.41, 5.74) is 10.7. The van der Waals surface area contributed by atoms with Crippen LogP contribution in [0.1, 0.15) is 23.5 Å². The Morgan fingerprint density at radius 3 is 2.55 bits per heavy atom. The highest BCUT2D eigenvalue weighted by molar-refractivity contribution is 7.08. The molecule has 3 nitrogen and oxygen atoms in total. The summed E-state index contributed by atoms with van der Waals surface area (Å²) in [6.45, 7) is 0.698. The first-order valence-electron chi connectivity index (χ1n) is 6.70. The van der Waals surface area contributed by atoms with E-state index in [1.165, 1.54) is 16.7 Å². The number of nitrogens with two attached hydrogens (primary N) is 1. The summed E-state index contributed by atoms with van der Waals surface area (Å²) < 4.78 is 0. The van der Waals surface area contributed by atoms with Gasteiger partial charge in [-0.15, -0.1) is 0 Å². The SMILES string of the molecule is NCCC(c1ccc(-c2cn[nH]c2)cc1)c1ccsc1. The highest BCUT2D eigenvalue weighted by atomic mass is 32.1. The molecule has 1 unspecified atom stereocenters. The first-order chi connectivity index (χ1) is 9.88. The van der Waals surface area contributed by atoms with Crippen LogP contribution in [0.4, 0.5) is 0 Å². The van der Waals surface area contributed by atoms with Gasteiger partial charge in [0.05, 0.1) is 6.20 Å². The number of nitrogens with zero attached hydrogens (tertiary/aromatic N) is 1. The second-order valence-electron chi connectivity index (χ2n) is 4.80. The first-order valence-corrected chi connectivity index (χ1v) is 7.64. The average molecular weight is 283 g/mol. The van der Waals surface area contributed by atoms with Crippen molar-refractivity contribution in [1.82, 2.24) is 10.2 Å². The molecule has 0 spiro atoms. The van der Waals surface area contributed by atoms with E-state index in [1.54, 1.807) is 11.3 Å². The molecular formula is C16H17N3S. The minimum absolute atomic E-state index is 0.393. The van der Waals surface area contributed by atoms with Gasteiger partial charge in [0.25, 0.3) is 0 Å². The summed E-state index contributed by atoms with van der Waals surface area (Å²) in [7, 11) is 0. The molecule has 1 atom stereocenters. The zero-order chi connectivity index (χ0) is 13.8. The quantitative estimate of drug-likeness (QED) is 0.751. The van der Waals surface area contributed by atoms with Crippen molar-refractivity contribution in [3.8, 4) is 11.1 Å². The van der Waals surface area contributed by atoms with Gasteiger partial charge in [0.2, 0.25) is 0 Å². The van der Waals surface area contributed by atoms with Crippen molar-refractivity contribution in [2.45, 2.75) is 12.3 Å². The molecule has 0 bridgehead atoms. The Balaban J connectivity index is 1.89. The normalized spacial score (nSPS) is 12.4. The van der Waals surface area contributed by atoms with Crippen LogP contribution in [0.15, 0.2) is 53.5 Å². The smallest absolute Gasteiger partial charge is 0.0565 e. The fourth-order valence-corrected chi connectivity index (χ4v) is 3.20. The van der Waals surface area contributed by atoms with Crippen LogP contribution in [0.25, 0.3) is 11.1 Å². The lowest BCUT2D eigenvalue weighted by atomic mass is 9.89. The lowest BCUT2D eigenvalue weighted by Crippen LogP contribution is -2.08. The zero-order valence-electron chi connectivity index (χ0n) is 11.1. The Kier molecular flexibility index (Phi) is 3.95. The van der Waals surface area contributed by atoms with Crippen LogP contribution in [0.2, 0.25) is 0 Å². The van der Waals surface area contributed by atoms with Gasteiger partial charge in [0.15, 0.2) is 0 Å². The minimum atomic E-state index is 0.393. The van der Waals surface area contributed by atoms with E-state index in [0.29, 0.717) is 12.5 Å². The van der Waals surface area contributed by atoms with Gasteiger partial charge in [-0.05, 0) is 46.5 Å². The number of nitrogens with one attached hydrogen (secondary N) is 1. The fraction of sp³-hybridized carbons (Fsp3) is 0.188. The van der Waals surface area contributed by atoms with Gasteiger partial charge >= 0.3 is 0 Å². The Bertz CT molecular complexity index is 627. The van der Waals surface area contributed by atoms with E-state index in [2.05, 4.69) is 51.3 Å². The summed E-state index contributed by atoms with van der Waals surface area (Å²) in [5.74, 6) is 0.393. The number of hydrogen-bond acceptors (Lipinski definition) is 3. The van der Waals surface area contributed by atoms with Crippen molar-refractivity contribution in [2.75, 3.05) is 6.54 Å². The summed E-state index contributed by atoms with van der Waals surface area (Å²) in [5, 5.41) is 11.2. The zero-order valence-corrected chi connectivity index (χ0v) is 11.9. The Morgan fingerprint density at radius 1 is 1.10 bits per heavy atom. The van der Waals surface area contributed by atoms with Crippen molar-refractivity contribution >= 4 is 11.3 Å². The van der Waals surface area contributed by atoms with Crippen LogP contribution in [-0.2, 0) is 0 Å². The highest BCUT2D eigenvalue weighted by Gasteiger charge is 2.14. The van der Waals surface area contributed by atoms with Crippen LogP contribution in [0.5, 0.6) is 0 Å². The molecule has 2 heterocycles. The van der Waals surface area contributed by atoms with Gasteiger partial charge in [-0.1, -0.05) is 24.3 Å². The molecule has 0 aliphatic heterocycles. The first kappa shape index (κ1) is 13.1. The molecule has 1 aromatic carbocycles. The van der Waals surface area contributed by atoms with Gasteiger partial charge in [0.1, 0.15) is 0 Å². The molecule has 3 rings (SSSR count). The van der Waals surface area contributed by atoms with E-state index in [1.807, 2.05) is 12.4 Å². The third-order valence-electron chi connectivity index (χ3n) is 3.55. The van der Waals surface area contributed by atoms with Crippen LogP contribution >= 0.6 is 11.3 Å². The highest BCUT2D eigenvalue weighted by Crippen LogP contribution is 2.30. The van der Waals surface area contributed by atoms with Crippen LogP contribution in [0.3, 0.4) is 0 Å². The minimum Gasteiger partial charge on any atom is -0.330 e. The predicted molar refractivity (Wildman–Crippen MR) is 83.9 cm³/mol. The standard InChI is InChI=1S/C16H17N3S/c17-7-5-16(14-6-8-20-11-14)13-3-1-12(2-4-13)15-9-18-19-10-15/h1-4,6,8-11,16H,5,7,17H2,(H,18,19). The van der Waals surface area contributed by atoms with Crippen LogP contribution in [-0.4, -0.2) is 16.7 Å². The molecule has 0 aliphatic carbocycles. The summed E-state index contributed by atoms with van der Waals surface area (Å²) in [6, 6.07) is 10.9. The number of benzene rings is 1. The summed E-state index contributed by atoms with van der Waals surface area (Å²) >= 11 is 1.74. The van der Waals surface area contributed by atoms with Crippen molar-refractivity contribution < 1.29 is 0 Å².